The quantitative estimate of drug-likeness (QED) is 0.723. The Labute approximate surface area is 100 Å². The first-order valence-corrected chi connectivity index (χ1v) is 5.19. The zero-order valence-corrected chi connectivity index (χ0v) is 9.23. The zero-order valence-electron chi connectivity index (χ0n) is 9.23. The molecule has 7 heteroatoms. The van der Waals surface area contributed by atoms with Gasteiger partial charge in [0, 0.05) is 12.1 Å². The Morgan fingerprint density at radius 2 is 2.17 bits per heavy atom. The maximum atomic E-state index is 11.6. The molecule has 0 aliphatic heterocycles. The SMILES string of the molecule is O=C(O)CCNC(=O)c1ccc2oc(=O)[nH]c2c1. The van der Waals surface area contributed by atoms with Gasteiger partial charge in [0.25, 0.3) is 5.91 Å². The van der Waals surface area contributed by atoms with E-state index in [0.29, 0.717) is 16.7 Å². The van der Waals surface area contributed by atoms with E-state index < -0.39 is 17.6 Å². The van der Waals surface area contributed by atoms with Crippen LogP contribution < -0.4 is 11.1 Å². The minimum absolute atomic E-state index is 0.0497. The Bertz CT molecular complexity index is 655. The summed E-state index contributed by atoms with van der Waals surface area (Å²) < 4.78 is 4.79. The van der Waals surface area contributed by atoms with Gasteiger partial charge in [-0.1, -0.05) is 0 Å². The van der Waals surface area contributed by atoms with E-state index in [2.05, 4.69) is 10.3 Å². The number of benzene rings is 1. The number of H-pyrrole nitrogens is 1. The molecule has 2 aromatic rings. The average molecular weight is 250 g/mol. The number of nitrogens with one attached hydrogen (secondary N) is 2. The molecule has 1 aromatic carbocycles. The van der Waals surface area contributed by atoms with E-state index in [1.807, 2.05) is 0 Å². The maximum absolute atomic E-state index is 11.6. The normalized spacial score (nSPS) is 10.4. The van der Waals surface area contributed by atoms with Gasteiger partial charge in [-0.25, -0.2) is 4.79 Å². The van der Waals surface area contributed by atoms with Crippen LogP contribution in [0.3, 0.4) is 0 Å². The topological polar surface area (TPSA) is 112 Å². The second kappa shape index (κ2) is 4.74. The second-order valence-electron chi connectivity index (χ2n) is 3.63. The second-order valence-corrected chi connectivity index (χ2v) is 3.63. The molecular formula is C11H10N2O5. The monoisotopic (exact) mass is 250 g/mol. The number of aromatic amines is 1. The van der Waals surface area contributed by atoms with Gasteiger partial charge < -0.3 is 14.8 Å². The molecule has 2 rings (SSSR count). The van der Waals surface area contributed by atoms with Crippen molar-refractivity contribution in [2.75, 3.05) is 6.54 Å². The smallest absolute Gasteiger partial charge is 0.417 e. The van der Waals surface area contributed by atoms with Crippen LogP contribution in [0.4, 0.5) is 0 Å². The minimum atomic E-state index is -0.982. The van der Waals surface area contributed by atoms with Crippen LogP contribution >= 0.6 is 0 Å². The lowest BCUT2D eigenvalue weighted by atomic mass is 10.2. The summed E-state index contributed by atoms with van der Waals surface area (Å²) in [6.45, 7) is 0.0497. The van der Waals surface area contributed by atoms with Crippen LogP contribution in [0.1, 0.15) is 16.8 Å². The van der Waals surface area contributed by atoms with Crippen molar-refractivity contribution in [2.24, 2.45) is 0 Å². The van der Waals surface area contributed by atoms with Gasteiger partial charge in [0.2, 0.25) is 0 Å². The first-order chi connectivity index (χ1) is 8.56. The van der Waals surface area contributed by atoms with Gasteiger partial charge in [0.05, 0.1) is 11.9 Å². The summed E-state index contributed by atoms with van der Waals surface area (Å²) in [4.78, 5) is 35.3. The summed E-state index contributed by atoms with van der Waals surface area (Å²) in [6.07, 6.45) is -0.142. The van der Waals surface area contributed by atoms with Crippen molar-refractivity contribution < 1.29 is 19.1 Å². The average Bonchev–Trinajstić information content (AvgIpc) is 2.67. The van der Waals surface area contributed by atoms with Crippen molar-refractivity contribution in [2.45, 2.75) is 6.42 Å². The van der Waals surface area contributed by atoms with Crippen molar-refractivity contribution in [3.05, 3.63) is 34.3 Å². The Kier molecular flexibility index (Phi) is 3.13. The molecule has 0 unspecified atom stereocenters. The van der Waals surface area contributed by atoms with E-state index in [9.17, 15) is 14.4 Å². The number of hydrogen-bond acceptors (Lipinski definition) is 4. The molecule has 0 atom stereocenters. The van der Waals surface area contributed by atoms with E-state index >= 15 is 0 Å². The van der Waals surface area contributed by atoms with Crippen LogP contribution in [-0.4, -0.2) is 28.5 Å². The molecule has 0 aliphatic carbocycles. The largest absolute Gasteiger partial charge is 0.481 e. The number of oxazole rings is 1. The highest BCUT2D eigenvalue weighted by Gasteiger charge is 2.08. The first-order valence-electron chi connectivity index (χ1n) is 5.19. The molecule has 94 valence electrons. The third-order valence-electron chi connectivity index (χ3n) is 2.31. The predicted molar refractivity (Wildman–Crippen MR) is 61.4 cm³/mol. The van der Waals surface area contributed by atoms with Crippen LogP contribution in [0.15, 0.2) is 27.4 Å². The van der Waals surface area contributed by atoms with Gasteiger partial charge in [0.1, 0.15) is 0 Å². The summed E-state index contributed by atoms with van der Waals surface area (Å²) in [6, 6.07) is 4.46. The van der Waals surface area contributed by atoms with Crippen molar-refractivity contribution in [1.29, 1.82) is 0 Å². The summed E-state index contributed by atoms with van der Waals surface area (Å²) in [5.41, 5.74) is 1.11. The van der Waals surface area contributed by atoms with Crippen molar-refractivity contribution in [3.63, 3.8) is 0 Å². The van der Waals surface area contributed by atoms with E-state index in [4.69, 9.17) is 9.52 Å². The highest BCUT2D eigenvalue weighted by Crippen LogP contribution is 2.11. The Balaban J connectivity index is 2.12. The number of carbonyl (C=O) groups is 2. The third kappa shape index (κ3) is 2.57. The van der Waals surface area contributed by atoms with Crippen molar-refractivity contribution in [1.82, 2.24) is 10.3 Å². The number of carbonyl (C=O) groups excluding carboxylic acids is 1. The Morgan fingerprint density at radius 3 is 2.89 bits per heavy atom. The lowest BCUT2D eigenvalue weighted by Crippen LogP contribution is -2.25. The van der Waals surface area contributed by atoms with Crippen LogP contribution in [0.5, 0.6) is 0 Å². The van der Waals surface area contributed by atoms with Gasteiger partial charge in [-0.15, -0.1) is 0 Å². The van der Waals surface area contributed by atoms with Gasteiger partial charge in [-0.05, 0) is 18.2 Å². The third-order valence-corrected chi connectivity index (χ3v) is 2.31. The maximum Gasteiger partial charge on any atom is 0.417 e. The lowest BCUT2D eigenvalue weighted by molar-refractivity contribution is -0.136. The number of aromatic nitrogens is 1. The van der Waals surface area contributed by atoms with Crippen LogP contribution in [0, 0.1) is 0 Å². The fourth-order valence-corrected chi connectivity index (χ4v) is 1.48. The number of fused-ring (bicyclic) bond motifs is 1. The number of carboxylic acid groups (broad SMARTS) is 1. The van der Waals surface area contributed by atoms with Crippen LogP contribution in [0.2, 0.25) is 0 Å². The molecule has 7 nitrogen and oxygen atoms in total. The van der Waals surface area contributed by atoms with E-state index in [-0.39, 0.29) is 13.0 Å². The molecule has 0 bridgehead atoms. The fourth-order valence-electron chi connectivity index (χ4n) is 1.48. The lowest BCUT2D eigenvalue weighted by Gasteiger charge is -2.02. The molecule has 0 saturated carbocycles. The van der Waals surface area contributed by atoms with Gasteiger partial charge in [0.15, 0.2) is 5.58 Å². The Hall–Kier alpha value is -2.57. The standard InChI is InChI=1S/C11H10N2O5/c14-9(15)3-4-12-10(16)6-1-2-8-7(5-6)13-11(17)18-8/h1-2,5H,3-4H2,(H,12,16)(H,13,17)(H,14,15). The van der Waals surface area contributed by atoms with Crippen LogP contribution in [0.25, 0.3) is 11.1 Å². The van der Waals surface area contributed by atoms with E-state index in [1.54, 1.807) is 0 Å². The van der Waals surface area contributed by atoms with Crippen molar-refractivity contribution >= 4 is 23.0 Å². The molecule has 0 aliphatic rings. The van der Waals surface area contributed by atoms with E-state index in [0.717, 1.165) is 0 Å². The first kappa shape index (κ1) is 11.9. The van der Waals surface area contributed by atoms with Crippen molar-refractivity contribution in [3.8, 4) is 0 Å². The molecule has 0 radical (unpaired) electrons. The van der Waals surface area contributed by atoms with Crippen LogP contribution in [-0.2, 0) is 4.79 Å². The number of rotatable bonds is 4. The predicted octanol–water partition coefficient (Wildman–Crippen LogP) is 0.326. The molecule has 0 saturated heterocycles. The summed E-state index contributed by atoms with van der Waals surface area (Å²) in [5, 5.41) is 10.9. The summed E-state index contributed by atoms with van der Waals surface area (Å²) in [5.74, 6) is -1.97. The van der Waals surface area contributed by atoms with Gasteiger partial charge in [-0.3, -0.25) is 14.6 Å². The van der Waals surface area contributed by atoms with E-state index in [1.165, 1.54) is 18.2 Å². The minimum Gasteiger partial charge on any atom is -0.481 e. The molecule has 0 fully saturated rings. The highest BCUT2D eigenvalue weighted by atomic mass is 16.4. The molecular weight excluding hydrogens is 240 g/mol. The molecule has 1 heterocycles. The number of amides is 1. The number of hydrogen-bond donors (Lipinski definition) is 3. The number of aliphatic carboxylic acids is 1. The summed E-state index contributed by atoms with van der Waals surface area (Å²) >= 11 is 0. The highest BCUT2D eigenvalue weighted by molar-refractivity contribution is 5.97. The Morgan fingerprint density at radius 1 is 1.39 bits per heavy atom. The molecule has 0 spiro atoms. The molecule has 18 heavy (non-hydrogen) atoms. The fraction of sp³-hybridized carbons (Fsp3) is 0.182. The zero-order chi connectivity index (χ0) is 13.1. The summed E-state index contributed by atoms with van der Waals surface area (Å²) in [7, 11) is 0. The van der Waals surface area contributed by atoms with Gasteiger partial charge >= 0.3 is 11.7 Å². The molecule has 3 N–H and O–H groups in total. The molecule has 1 aromatic heterocycles. The molecule has 1 amide bonds. The van der Waals surface area contributed by atoms with Gasteiger partial charge in [-0.2, -0.15) is 0 Å². The number of carboxylic acids is 1.